The normalized spacial score (nSPS) is 11.1. The lowest BCUT2D eigenvalue weighted by atomic mass is 10.1. The summed E-state index contributed by atoms with van der Waals surface area (Å²) in [5.74, 6) is -0.283. The standard InChI is InChI=1S/C22H20ClNO4S/c1-2-17-8-12-19(13-9-17)24(29(26,27)21-6-4-3-5-7-21)22(25)16-28-20-14-10-18(23)11-15-20/h3-15H,2,16H2,1H3. The summed E-state index contributed by atoms with van der Waals surface area (Å²) in [7, 11) is -4.10. The number of amides is 1. The summed E-state index contributed by atoms with van der Waals surface area (Å²) in [6.45, 7) is 1.56. The number of nitrogens with zero attached hydrogens (tertiary/aromatic N) is 1. The van der Waals surface area contributed by atoms with Gasteiger partial charge in [0.2, 0.25) is 0 Å². The maximum absolute atomic E-state index is 13.2. The first-order chi connectivity index (χ1) is 13.9. The van der Waals surface area contributed by atoms with Crippen molar-refractivity contribution in [3.8, 4) is 5.75 Å². The van der Waals surface area contributed by atoms with Crippen molar-refractivity contribution in [3.05, 3.63) is 89.4 Å². The molecule has 3 aromatic carbocycles. The van der Waals surface area contributed by atoms with Gasteiger partial charge in [-0.1, -0.05) is 48.9 Å². The number of aryl methyl sites for hydroxylation is 1. The van der Waals surface area contributed by atoms with Crippen molar-refractivity contribution in [2.24, 2.45) is 0 Å². The molecule has 0 atom stereocenters. The fraction of sp³-hybridized carbons (Fsp3) is 0.136. The van der Waals surface area contributed by atoms with Crippen LogP contribution in [0.15, 0.2) is 83.8 Å². The second-order valence-corrected chi connectivity index (χ2v) is 8.46. The Balaban J connectivity index is 1.93. The molecule has 0 N–H and O–H groups in total. The van der Waals surface area contributed by atoms with Crippen LogP contribution in [0.25, 0.3) is 0 Å². The van der Waals surface area contributed by atoms with Gasteiger partial charge in [0.15, 0.2) is 6.61 Å². The highest BCUT2D eigenvalue weighted by Gasteiger charge is 2.31. The van der Waals surface area contributed by atoms with E-state index in [9.17, 15) is 13.2 Å². The fourth-order valence-electron chi connectivity index (χ4n) is 2.72. The number of rotatable bonds is 7. The molecule has 3 aromatic rings. The Labute approximate surface area is 175 Å². The average molecular weight is 430 g/mol. The summed E-state index contributed by atoms with van der Waals surface area (Å²) in [6, 6.07) is 21.2. The molecule has 0 aromatic heterocycles. The summed E-state index contributed by atoms with van der Waals surface area (Å²) in [5.41, 5.74) is 1.30. The lowest BCUT2D eigenvalue weighted by Gasteiger charge is -2.23. The van der Waals surface area contributed by atoms with E-state index in [1.165, 1.54) is 12.1 Å². The fourth-order valence-corrected chi connectivity index (χ4v) is 4.27. The first-order valence-electron chi connectivity index (χ1n) is 9.02. The molecule has 0 aliphatic heterocycles. The van der Waals surface area contributed by atoms with Crippen molar-refractivity contribution in [3.63, 3.8) is 0 Å². The van der Waals surface area contributed by atoms with E-state index in [0.29, 0.717) is 10.8 Å². The van der Waals surface area contributed by atoms with Gasteiger partial charge in [-0.25, -0.2) is 8.42 Å². The van der Waals surface area contributed by atoms with Crippen LogP contribution in [0, 0.1) is 0 Å². The Morgan fingerprint density at radius 3 is 2.14 bits per heavy atom. The maximum Gasteiger partial charge on any atom is 0.278 e. The Morgan fingerprint density at radius 2 is 1.55 bits per heavy atom. The second-order valence-electron chi connectivity index (χ2n) is 6.24. The zero-order valence-electron chi connectivity index (χ0n) is 15.8. The van der Waals surface area contributed by atoms with Gasteiger partial charge in [0.25, 0.3) is 15.9 Å². The van der Waals surface area contributed by atoms with Crippen LogP contribution in [0.2, 0.25) is 5.02 Å². The van der Waals surface area contributed by atoms with Gasteiger partial charge in [-0.05, 0) is 60.5 Å². The van der Waals surface area contributed by atoms with Crippen molar-refractivity contribution in [1.82, 2.24) is 0 Å². The van der Waals surface area contributed by atoms with Gasteiger partial charge in [-0.2, -0.15) is 4.31 Å². The van der Waals surface area contributed by atoms with Gasteiger partial charge in [-0.3, -0.25) is 4.79 Å². The van der Waals surface area contributed by atoms with E-state index < -0.39 is 22.5 Å². The largest absolute Gasteiger partial charge is 0.484 e. The van der Waals surface area contributed by atoms with Crippen molar-refractivity contribution in [2.75, 3.05) is 10.9 Å². The van der Waals surface area contributed by atoms with Crippen LogP contribution in [0.3, 0.4) is 0 Å². The molecule has 0 radical (unpaired) electrons. The number of benzene rings is 3. The molecule has 1 amide bonds. The Morgan fingerprint density at radius 1 is 0.931 bits per heavy atom. The molecule has 7 heteroatoms. The van der Waals surface area contributed by atoms with Crippen LogP contribution in [0.1, 0.15) is 12.5 Å². The van der Waals surface area contributed by atoms with E-state index in [-0.39, 0.29) is 10.6 Å². The van der Waals surface area contributed by atoms with E-state index in [1.54, 1.807) is 66.7 Å². The number of sulfonamides is 1. The zero-order valence-corrected chi connectivity index (χ0v) is 17.4. The minimum Gasteiger partial charge on any atom is -0.484 e. The quantitative estimate of drug-likeness (QED) is 0.546. The highest BCUT2D eigenvalue weighted by molar-refractivity contribution is 7.93. The number of hydrogen-bond donors (Lipinski definition) is 0. The molecule has 5 nitrogen and oxygen atoms in total. The minimum atomic E-state index is -4.10. The summed E-state index contributed by atoms with van der Waals surface area (Å²) < 4.78 is 32.7. The smallest absolute Gasteiger partial charge is 0.278 e. The Bertz CT molecular complexity index is 1070. The van der Waals surface area contributed by atoms with Crippen LogP contribution in [0.5, 0.6) is 5.75 Å². The third kappa shape index (κ3) is 4.96. The van der Waals surface area contributed by atoms with E-state index >= 15 is 0 Å². The molecule has 0 heterocycles. The first-order valence-corrected chi connectivity index (χ1v) is 10.8. The van der Waals surface area contributed by atoms with Gasteiger partial charge in [0.1, 0.15) is 5.75 Å². The van der Waals surface area contributed by atoms with E-state index in [1.807, 2.05) is 6.92 Å². The molecule has 0 fully saturated rings. The molecule has 29 heavy (non-hydrogen) atoms. The predicted molar refractivity (Wildman–Crippen MR) is 114 cm³/mol. The van der Waals surface area contributed by atoms with Gasteiger partial charge >= 0.3 is 0 Å². The number of hydrogen-bond acceptors (Lipinski definition) is 4. The van der Waals surface area contributed by atoms with E-state index in [4.69, 9.17) is 16.3 Å². The third-order valence-electron chi connectivity index (χ3n) is 4.26. The molecular weight excluding hydrogens is 410 g/mol. The highest BCUT2D eigenvalue weighted by atomic mass is 35.5. The molecule has 0 bridgehead atoms. The van der Waals surface area contributed by atoms with Crippen molar-refractivity contribution < 1.29 is 17.9 Å². The predicted octanol–water partition coefficient (Wildman–Crippen LogP) is 4.70. The lowest BCUT2D eigenvalue weighted by molar-refractivity contribution is -0.119. The number of ether oxygens (including phenoxy) is 1. The number of carbonyl (C=O) groups is 1. The van der Waals surface area contributed by atoms with Crippen LogP contribution >= 0.6 is 11.6 Å². The van der Waals surface area contributed by atoms with Gasteiger partial charge in [0.05, 0.1) is 10.6 Å². The van der Waals surface area contributed by atoms with Gasteiger partial charge in [0, 0.05) is 5.02 Å². The highest BCUT2D eigenvalue weighted by Crippen LogP contribution is 2.25. The summed E-state index contributed by atoms with van der Waals surface area (Å²) >= 11 is 5.85. The minimum absolute atomic E-state index is 0.0272. The molecule has 3 rings (SSSR count). The maximum atomic E-state index is 13.2. The van der Waals surface area contributed by atoms with Crippen LogP contribution in [-0.4, -0.2) is 20.9 Å². The van der Waals surface area contributed by atoms with Crippen molar-refractivity contribution in [2.45, 2.75) is 18.2 Å². The van der Waals surface area contributed by atoms with Crippen molar-refractivity contribution >= 4 is 33.2 Å². The topological polar surface area (TPSA) is 63.7 Å². The molecular formula is C22H20ClNO4S. The van der Waals surface area contributed by atoms with Crippen molar-refractivity contribution in [1.29, 1.82) is 0 Å². The van der Waals surface area contributed by atoms with E-state index in [0.717, 1.165) is 16.3 Å². The first kappa shape index (κ1) is 20.9. The Kier molecular flexibility index (Phi) is 6.56. The number of anilines is 1. The summed E-state index contributed by atoms with van der Waals surface area (Å²) in [5, 5.41) is 0.535. The molecule has 0 saturated carbocycles. The van der Waals surface area contributed by atoms with Gasteiger partial charge in [-0.15, -0.1) is 0 Å². The SMILES string of the molecule is CCc1ccc(N(C(=O)COc2ccc(Cl)cc2)S(=O)(=O)c2ccccc2)cc1. The molecule has 0 unspecified atom stereocenters. The monoisotopic (exact) mass is 429 g/mol. The van der Waals surface area contributed by atoms with Crippen LogP contribution in [0.4, 0.5) is 5.69 Å². The van der Waals surface area contributed by atoms with Crippen LogP contribution in [-0.2, 0) is 21.2 Å². The molecule has 0 aliphatic rings. The molecule has 0 spiro atoms. The molecule has 150 valence electrons. The lowest BCUT2D eigenvalue weighted by Crippen LogP contribution is -2.40. The summed E-state index contributed by atoms with van der Waals surface area (Å²) in [6.07, 6.45) is 0.805. The Hall–Kier alpha value is -2.83. The number of carbonyl (C=O) groups excluding carboxylic acids is 1. The third-order valence-corrected chi connectivity index (χ3v) is 6.28. The molecule has 0 saturated heterocycles. The summed E-state index contributed by atoms with van der Waals surface area (Å²) in [4.78, 5) is 13.0. The molecule has 0 aliphatic carbocycles. The average Bonchev–Trinajstić information content (AvgIpc) is 2.74. The zero-order chi connectivity index (χ0) is 20.9. The second kappa shape index (κ2) is 9.11. The van der Waals surface area contributed by atoms with Crippen LogP contribution < -0.4 is 9.04 Å². The van der Waals surface area contributed by atoms with E-state index in [2.05, 4.69) is 0 Å². The number of halogens is 1. The van der Waals surface area contributed by atoms with Gasteiger partial charge < -0.3 is 4.74 Å².